The molecule has 1 heteroatoms. The summed E-state index contributed by atoms with van der Waals surface area (Å²) in [6, 6.07) is 0. The zero-order valence-electron chi connectivity index (χ0n) is 11.5. The van der Waals surface area contributed by atoms with Crippen molar-refractivity contribution in [3.8, 4) is 0 Å². The van der Waals surface area contributed by atoms with Gasteiger partial charge in [0, 0.05) is 0 Å². The highest BCUT2D eigenvalue weighted by atomic mass is 16.5. The zero-order chi connectivity index (χ0) is 12.2. The topological polar surface area (TPSA) is 9.23 Å². The molecule has 0 radical (unpaired) electrons. The maximum atomic E-state index is 5.69. The van der Waals surface area contributed by atoms with Gasteiger partial charge >= 0.3 is 0 Å². The minimum Gasteiger partial charge on any atom is -0.497 e. The van der Waals surface area contributed by atoms with E-state index in [1.54, 1.807) is 5.57 Å². The largest absolute Gasteiger partial charge is 0.497 e. The third kappa shape index (κ3) is 1.52. The van der Waals surface area contributed by atoms with Crippen LogP contribution in [0.1, 0.15) is 51.4 Å². The van der Waals surface area contributed by atoms with Crippen LogP contribution < -0.4 is 0 Å². The van der Waals surface area contributed by atoms with E-state index in [9.17, 15) is 0 Å². The Morgan fingerprint density at radius 2 is 1.50 bits per heavy atom. The Labute approximate surface area is 110 Å². The van der Waals surface area contributed by atoms with Crippen LogP contribution in [0.15, 0.2) is 23.5 Å². The van der Waals surface area contributed by atoms with Crippen LogP contribution in [0.5, 0.6) is 0 Å². The monoisotopic (exact) mass is 244 g/mol. The van der Waals surface area contributed by atoms with Crippen molar-refractivity contribution < 1.29 is 4.74 Å². The second-order valence-corrected chi connectivity index (χ2v) is 7.17. The summed E-state index contributed by atoms with van der Waals surface area (Å²) in [4.78, 5) is 0. The molecule has 0 atom stereocenters. The molecule has 0 saturated heterocycles. The normalized spacial score (nSPS) is 45.7. The average Bonchev–Trinajstić information content (AvgIpc) is 2.37. The first-order chi connectivity index (χ1) is 8.79. The molecule has 0 aromatic carbocycles. The van der Waals surface area contributed by atoms with Crippen LogP contribution in [0.3, 0.4) is 0 Å². The van der Waals surface area contributed by atoms with Crippen molar-refractivity contribution in [1.29, 1.82) is 0 Å². The van der Waals surface area contributed by atoms with Gasteiger partial charge in [-0.1, -0.05) is 6.08 Å². The quantitative estimate of drug-likeness (QED) is 0.697. The van der Waals surface area contributed by atoms with Crippen LogP contribution >= 0.6 is 0 Å². The third-order valence-corrected chi connectivity index (χ3v) is 5.94. The Kier molecular flexibility index (Phi) is 2.40. The van der Waals surface area contributed by atoms with Gasteiger partial charge in [-0.2, -0.15) is 0 Å². The van der Waals surface area contributed by atoms with Gasteiger partial charge < -0.3 is 4.74 Å². The van der Waals surface area contributed by atoms with E-state index in [0.29, 0.717) is 5.41 Å². The fourth-order valence-corrected chi connectivity index (χ4v) is 5.76. The minimum absolute atomic E-state index is 0.511. The molecule has 5 aliphatic rings. The highest BCUT2D eigenvalue weighted by Gasteiger charge is 2.53. The van der Waals surface area contributed by atoms with Gasteiger partial charge in [-0.25, -0.2) is 0 Å². The summed E-state index contributed by atoms with van der Waals surface area (Å²) < 4.78 is 5.69. The maximum absolute atomic E-state index is 5.69. The SMILES string of the molecule is COC1=CCCC=C1C12CC3CC(CC(C3)C1)C2. The molecule has 98 valence electrons. The lowest BCUT2D eigenvalue weighted by atomic mass is 9.47. The van der Waals surface area contributed by atoms with Crippen molar-refractivity contribution in [1.82, 2.24) is 0 Å². The molecule has 0 unspecified atom stereocenters. The van der Waals surface area contributed by atoms with Gasteiger partial charge in [0.05, 0.1) is 7.11 Å². The van der Waals surface area contributed by atoms with Crippen LogP contribution in [0, 0.1) is 23.2 Å². The molecule has 18 heavy (non-hydrogen) atoms. The Hall–Kier alpha value is -0.720. The molecule has 1 nitrogen and oxygen atoms in total. The zero-order valence-corrected chi connectivity index (χ0v) is 11.5. The molecular weight excluding hydrogens is 220 g/mol. The lowest BCUT2D eigenvalue weighted by molar-refractivity contribution is -0.0325. The van der Waals surface area contributed by atoms with Gasteiger partial charge in [-0.05, 0) is 86.2 Å². The summed E-state index contributed by atoms with van der Waals surface area (Å²) >= 11 is 0. The summed E-state index contributed by atoms with van der Waals surface area (Å²) in [6.07, 6.45) is 16.2. The van der Waals surface area contributed by atoms with Crippen molar-refractivity contribution in [2.45, 2.75) is 51.4 Å². The van der Waals surface area contributed by atoms with Crippen LogP contribution in [0.25, 0.3) is 0 Å². The lowest BCUT2D eigenvalue weighted by Gasteiger charge is -2.58. The second-order valence-electron chi connectivity index (χ2n) is 7.17. The smallest absolute Gasteiger partial charge is 0.118 e. The molecule has 4 fully saturated rings. The summed E-state index contributed by atoms with van der Waals surface area (Å²) in [5, 5.41) is 0. The molecular formula is C17H24O. The molecule has 5 rings (SSSR count). The Balaban J connectivity index is 1.71. The molecule has 0 heterocycles. The Bertz CT molecular complexity index is 380. The minimum atomic E-state index is 0.511. The molecule has 0 spiro atoms. The van der Waals surface area contributed by atoms with E-state index < -0.39 is 0 Å². The van der Waals surface area contributed by atoms with Crippen LogP contribution in [-0.4, -0.2) is 7.11 Å². The van der Waals surface area contributed by atoms with E-state index in [1.165, 1.54) is 57.1 Å². The van der Waals surface area contributed by atoms with E-state index in [1.807, 2.05) is 7.11 Å². The van der Waals surface area contributed by atoms with E-state index in [4.69, 9.17) is 4.74 Å². The standard InChI is InChI=1S/C17H24O/c1-18-16-5-3-2-4-15(16)17-9-12-6-13(10-17)8-14(7-12)11-17/h4-5,12-14H,2-3,6-11H2,1H3. The average molecular weight is 244 g/mol. The van der Waals surface area contributed by atoms with Gasteiger partial charge in [0.15, 0.2) is 0 Å². The van der Waals surface area contributed by atoms with Crippen LogP contribution in [-0.2, 0) is 4.74 Å². The molecule has 0 N–H and O–H groups in total. The Morgan fingerprint density at radius 1 is 0.944 bits per heavy atom. The first kappa shape index (κ1) is 11.1. The summed E-state index contributed by atoms with van der Waals surface area (Å²) in [7, 11) is 1.85. The van der Waals surface area contributed by atoms with Gasteiger partial charge in [-0.3, -0.25) is 0 Å². The molecule has 0 aromatic rings. The van der Waals surface area contributed by atoms with Crippen molar-refractivity contribution in [2.24, 2.45) is 23.2 Å². The van der Waals surface area contributed by atoms with Gasteiger partial charge in [-0.15, -0.1) is 0 Å². The molecule has 0 aromatic heterocycles. The van der Waals surface area contributed by atoms with Gasteiger partial charge in [0.25, 0.3) is 0 Å². The Morgan fingerprint density at radius 3 is 2.06 bits per heavy atom. The van der Waals surface area contributed by atoms with Gasteiger partial charge in [0.2, 0.25) is 0 Å². The molecule has 4 saturated carbocycles. The van der Waals surface area contributed by atoms with Crippen LogP contribution in [0.2, 0.25) is 0 Å². The predicted molar refractivity (Wildman–Crippen MR) is 73.0 cm³/mol. The third-order valence-electron chi connectivity index (χ3n) is 5.94. The van der Waals surface area contributed by atoms with Gasteiger partial charge in [0.1, 0.15) is 5.76 Å². The number of ether oxygens (including phenoxy) is 1. The second kappa shape index (κ2) is 3.88. The molecule has 4 bridgehead atoms. The summed E-state index contributed by atoms with van der Waals surface area (Å²) in [6.45, 7) is 0. The number of hydrogen-bond donors (Lipinski definition) is 0. The predicted octanol–water partition coefficient (Wildman–Crippen LogP) is 4.45. The number of methoxy groups -OCH3 is 1. The molecule has 5 aliphatic carbocycles. The van der Waals surface area contributed by atoms with Crippen molar-refractivity contribution in [3.63, 3.8) is 0 Å². The highest BCUT2D eigenvalue weighted by molar-refractivity contribution is 5.37. The number of rotatable bonds is 2. The fourth-order valence-electron chi connectivity index (χ4n) is 5.76. The van der Waals surface area contributed by atoms with Crippen molar-refractivity contribution in [2.75, 3.05) is 7.11 Å². The number of allylic oxidation sites excluding steroid dienone is 3. The van der Waals surface area contributed by atoms with E-state index in [-0.39, 0.29) is 0 Å². The lowest BCUT2D eigenvalue weighted by Crippen LogP contribution is -2.47. The van der Waals surface area contributed by atoms with Crippen molar-refractivity contribution >= 4 is 0 Å². The molecule has 0 aliphatic heterocycles. The highest BCUT2D eigenvalue weighted by Crippen LogP contribution is 2.63. The van der Waals surface area contributed by atoms with Crippen LogP contribution in [0.4, 0.5) is 0 Å². The fraction of sp³-hybridized carbons (Fsp3) is 0.765. The first-order valence-electron chi connectivity index (χ1n) is 7.74. The van der Waals surface area contributed by atoms with Crippen molar-refractivity contribution in [3.05, 3.63) is 23.5 Å². The number of hydrogen-bond acceptors (Lipinski definition) is 1. The summed E-state index contributed by atoms with van der Waals surface area (Å²) in [5.41, 5.74) is 2.10. The first-order valence-corrected chi connectivity index (χ1v) is 7.74. The van der Waals surface area contributed by atoms with E-state index in [2.05, 4.69) is 12.2 Å². The maximum Gasteiger partial charge on any atom is 0.118 e. The molecule has 0 amide bonds. The van der Waals surface area contributed by atoms with E-state index in [0.717, 1.165) is 17.8 Å². The van der Waals surface area contributed by atoms with E-state index >= 15 is 0 Å². The summed E-state index contributed by atoms with van der Waals surface area (Å²) in [5.74, 6) is 4.29.